The quantitative estimate of drug-likeness (QED) is 0.665. The van der Waals surface area contributed by atoms with E-state index in [4.69, 9.17) is 4.74 Å². The van der Waals surface area contributed by atoms with Gasteiger partial charge in [0.1, 0.15) is 6.10 Å². The van der Waals surface area contributed by atoms with Gasteiger partial charge in [0.15, 0.2) is 0 Å². The minimum Gasteiger partial charge on any atom is -0.462 e. The molecule has 0 unspecified atom stereocenters. The standard InChI is InChI=1S/C15H26O2.C2H6/c1-12(16)17-15(13-8-4-2-5-9-13)14-10-6-3-7-11-14;1-2/h13-15H,2-11H2,1H3;1-2H3. The summed E-state index contributed by atoms with van der Waals surface area (Å²) in [6, 6.07) is 0. The topological polar surface area (TPSA) is 26.3 Å². The van der Waals surface area contributed by atoms with Crippen molar-refractivity contribution in [3.8, 4) is 0 Å². The summed E-state index contributed by atoms with van der Waals surface area (Å²) in [5, 5.41) is 0. The van der Waals surface area contributed by atoms with Gasteiger partial charge in [-0.05, 0) is 37.5 Å². The smallest absolute Gasteiger partial charge is 0.302 e. The molecule has 2 nitrogen and oxygen atoms in total. The Morgan fingerprint density at radius 3 is 1.53 bits per heavy atom. The Morgan fingerprint density at radius 1 is 0.842 bits per heavy atom. The maximum atomic E-state index is 11.3. The average molecular weight is 268 g/mol. The van der Waals surface area contributed by atoms with Crippen LogP contribution in [-0.4, -0.2) is 12.1 Å². The van der Waals surface area contributed by atoms with Crippen LogP contribution in [0.25, 0.3) is 0 Å². The normalized spacial score (nSPS) is 21.7. The van der Waals surface area contributed by atoms with Gasteiger partial charge in [0, 0.05) is 6.92 Å². The molecule has 0 N–H and O–H groups in total. The van der Waals surface area contributed by atoms with Crippen molar-refractivity contribution in [3.63, 3.8) is 0 Å². The predicted octanol–water partition coefficient (Wildman–Crippen LogP) is 5.10. The van der Waals surface area contributed by atoms with Gasteiger partial charge in [0.2, 0.25) is 0 Å². The maximum absolute atomic E-state index is 11.3. The fraction of sp³-hybridized carbons (Fsp3) is 0.941. The van der Waals surface area contributed by atoms with Gasteiger partial charge in [-0.25, -0.2) is 0 Å². The molecular formula is C17H32O2. The zero-order valence-corrected chi connectivity index (χ0v) is 13.1. The van der Waals surface area contributed by atoms with Crippen LogP contribution in [0.1, 0.15) is 85.0 Å². The average Bonchev–Trinajstić information content (AvgIpc) is 2.48. The van der Waals surface area contributed by atoms with E-state index in [1.807, 2.05) is 13.8 Å². The molecule has 2 saturated carbocycles. The highest BCUT2D eigenvalue weighted by atomic mass is 16.5. The number of rotatable bonds is 3. The highest BCUT2D eigenvalue weighted by Crippen LogP contribution is 2.37. The second-order valence-electron chi connectivity index (χ2n) is 5.87. The van der Waals surface area contributed by atoms with E-state index in [1.54, 1.807) is 6.92 Å². The third kappa shape index (κ3) is 5.54. The van der Waals surface area contributed by atoms with Gasteiger partial charge in [-0.1, -0.05) is 52.4 Å². The third-order valence-corrected chi connectivity index (χ3v) is 4.53. The fourth-order valence-corrected chi connectivity index (χ4v) is 3.69. The van der Waals surface area contributed by atoms with Crippen molar-refractivity contribution >= 4 is 5.97 Å². The van der Waals surface area contributed by atoms with Crippen molar-refractivity contribution in [2.45, 2.75) is 91.1 Å². The molecule has 0 atom stereocenters. The lowest BCUT2D eigenvalue weighted by molar-refractivity contribution is -0.154. The van der Waals surface area contributed by atoms with Crippen LogP contribution in [0, 0.1) is 11.8 Å². The Labute approximate surface area is 119 Å². The van der Waals surface area contributed by atoms with Gasteiger partial charge in [-0.15, -0.1) is 0 Å². The SMILES string of the molecule is CC.CC(=O)OC(C1CCCCC1)C1CCCCC1. The molecule has 0 radical (unpaired) electrons. The first-order valence-electron chi connectivity index (χ1n) is 8.44. The molecule has 2 heteroatoms. The van der Waals surface area contributed by atoms with E-state index in [0.29, 0.717) is 11.8 Å². The first-order chi connectivity index (χ1) is 9.27. The molecule has 0 spiro atoms. The van der Waals surface area contributed by atoms with Crippen molar-refractivity contribution in [1.29, 1.82) is 0 Å². The number of esters is 1. The van der Waals surface area contributed by atoms with Crippen LogP contribution in [0.15, 0.2) is 0 Å². The lowest BCUT2D eigenvalue weighted by Crippen LogP contribution is -2.36. The van der Waals surface area contributed by atoms with E-state index in [1.165, 1.54) is 64.2 Å². The summed E-state index contributed by atoms with van der Waals surface area (Å²) in [7, 11) is 0. The second kappa shape index (κ2) is 9.39. The molecule has 0 bridgehead atoms. The van der Waals surface area contributed by atoms with Crippen molar-refractivity contribution in [1.82, 2.24) is 0 Å². The number of carbonyl (C=O) groups is 1. The van der Waals surface area contributed by atoms with Crippen molar-refractivity contribution in [2.24, 2.45) is 11.8 Å². The molecule has 2 aliphatic carbocycles. The molecule has 112 valence electrons. The molecule has 0 aromatic carbocycles. The van der Waals surface area contributed by atoms with Crippen LogP contribution in [0.3, 0.4) is 0 Å². The van der Waals surface area contributed by atoms with E-state index in [-0.39, 0.29) is 12.1 Å². The molecule has 0 saturated heterocycles. The summed E-state index contributed by atoms with van der Waals surface area (Å²) in [4.78, 5) is 11.3. The third-order valence-electron chi connectivity index (χ3n) is 4.53. The molecule has 0 heterocycles. The fourth-order valence-electron chi connectivity index (χ4n) is 3.69. The van der Waals surface area contributed by atoms with Crippen LogP contribution in [0.5, 0.6) is 0 Å². The van der Waals surface area contributed by atoms with Crippen molar-refractivity contribution in [3.05, 3.63) is 0 Å². The first kappa shape index (κ1) is 16.5. The molecule has 2 rings (SSSR count). The minimum absolute atomic E-state index is 0.0776. The highest BCUT2D eigenvalue weighted by Gasteiger charge is 2.33. The highest BCUT2D eigenvalue weighted by molar-refractivity contribution is 5.66. The van der Waals surface area contributed by atoms with E-state index < -0.39 is 0 Å². The van der Waals surface area contributed by atoms with Crippen LogP contribution in [0.2, 0.25) is 0 Å². The van der Waals surface area contributed by atoms with Gasteiger partial charge in [-0.3, -0.25) is 4.79 Å². The molecule has 2 fully saturated rings. The van der Waals surface area contributed by atoms with Gasteiger partial charge in [-0.2, -0.15) is 0 Å². The van der Waals surface area contributed by atoms with Crippen molar-refractivity contribution < 1.29 is 9.53 Å². The van der Waals surface area contributed by atoms with Gasteiger partial charge < -0.3 is 4.74 Å². The molecule has 19 heavy (non-hydrogen) atoms. The van der Waals surface area contributed by atoms with Crippen LogP contribution < -0.4 is 0 Å². The Kier molecular flexibility index (Phi) is 8.16. The van der Waals surface area contributed by atoms with E-state index in [2.05, 4.69) is 0 Å². The molecular weight excluding hydrogens is 236 g/mol. The number of ether oxygens (including phenoxy) is 1. The van der Waals surface area contributed by atoms with E-state index >= 15 is 0 Å². The first-order valence-corrected chi connectivity index (χ1v) is 8.44. The Bertz CT molecular complexity index is 220. The summed E-state index contributed by atoms with van der Waals surface area (Å²) >= 11 is 0. The predicted molar refractivity (Wildman–Crippen MR) is 80.1 cm³/mol. The summed E-state index contributed by atoms with van der Waals surface area (Å²) in [5.74, 6) is 1.22. The second-order valence-corrected chi connectivity index (χ2v) is 5.87. The summed E-state index contributed by atoms with van der Waals surface area (Å²) < 4.78 is 5.69. The van der Waals surface area contributed by atoms with E-state index in [0.717, 1.165) is 0 Å². The zero-order chi connectivity index (χ0) is 14.1. The van der Waals surface area contributed by atoms with Gasteiger partial charge >= 0.3 is 5.97 Å². The Balaban J connectivity index is 0.000000861. The minimum atomic E-state index is -0.0776. The summed E-state index contributed by atoms with van der Waals surface area (Å²) in [6.07, 6.45) is 13.4. The van der Waals surface area contributed by atoms with Crippen LogP contribution >= 0.6 is 0 Å². The van der Waals surface area contributed by atoms with E-state index in [9.17, 15) is 4.79 Å². The van der Waals surface area contributed by atoms with Gasteiger partial charge in [0.05, 0.1) is 0 Å². The largest absolute Gasteiger partial charge is 0.462 e. The van der Waals surface area contributed by atoms with Crippen molar-refractivity contribution in [2.75, 3.05) is 0 Å². The summed E-state index contributed by atoms with van der Waals surface area (Å²) in [5.41, 5.74) is 0. The molecule has 0 aromatic rings. The molecule has 2 aliphatic rings. The lowest BCUT2D eigenvalue weighted by Gasteiger charge is -2.36. The molecule has 0 aromatic heterocycles. The van der Waals surface area contributed by atoms with Crippen LogP contribution in [0.4, 0.5) is 0 Å². The monoisotopic (exact) mass is 268 g/mol. The Morgan fingerprint density at radius 2 is 1.21 bits per heavy atom. The number of hydrogen-bond acceptors (Lipinski definition) is 2. The van der Waals surface area contributed by atoms with Crippen LogP contribution in [-0.2, 0) is 9.53 Å². The maximum Gasteiger partial charge on any atom is 0.302 e. The number of hydrogen-bond donors (Lipinski definition) is 0. The Hall–Kier alpha value is -0.530. The van der Waals surface area contributed by atoms with Gasteiger partial charge in [0.25, 0.3) is 0 Å². The zero-order valence-electron chi connectivity index (χ0n) is 13.1. The lowest BCUT2D eigenvalue weighted by atomic mass is 9.75. The number of carbonyl (C=O) groups excluding carboxylic acids is 1. The summed E-state index contributed by atoms with van der Waals surface area (Å²) in [6.45, 7) is 5.57. The molecule has 0 aliphatic heterocycles. The molecule has 0 amide bonds.